The molecule has 0 aliphatic rings. The van der Waals surface area contributed by atoms with E-state index < -0.39 is 225 Å². The van der Waals surface area contributed by atoms with E-state index in [0.717, 1.165) is 32.6 Å². The summed E-state index contributed by atoms with van der Waals surface area (Å²) in [4.78, 5) is 215. The lowest BCUT2D eigenvalue weighted by Crippen LogP contribution is -2.61. The van der Waals surface area contributed by atoms with Crippen LogP contribution in [-0.4, -0.2) is 236 Å². The molecule has 2 aromatic carbocycles. The quantitative estimate of drug-likeness (QED) is 0.0234. The number of H-pyrrole nitrogens is 1. The first-order valence-corrected chi connectivity index (χ1v) is 34.2. The number of carbonyl (C=O) groups is 16. The van der Waals surface area contributed by atoms with Crippen molar-refractivity contribution in [3.63, 3.8) is 0 Å². The van der Waals surface area contributed by atoms with Gasteiger partial charge in [-0.1, -0.05) is 108 Å². The molecule has 1 aromatic heterocycles. The van der Waals surface area contributed by atoms with Gasteiger partial charge in [0, 0.05) is 29.9 Å². The lowest BCUT2D eigenvalue weighted by molar-refractivity contribution is -0.142. The first-order chi connectivity index (χ1) is 49.7. The van der Waals surface area contributed by atoms with Gasteiger partial charge in [0.2, 0.25) is 76.8 Å². The molecule has 105 heavy (non-hydrogen) atoms. The van der Waals surface area contributed by atoms with Crippen LogP contribution >= 0.6 is 0 Å². The summed E-state index contributed by atoms with van der Waals surface area (Å²) in [7, 11) is 0. The van der Waals surface area contributed by atoms with Crippen LogP contribution in [0.2, 0.25) is 0 Å². The van der Waals surface area contributed by atoms with E-state index in [1.165, 1.54) is 0 Å². The molecule has 13 atom stereocenters. The Hall–Kier alpha value is -10.7. The van der Waals surface area contributed by atoms with Crippen molar-refractivity contribution in [2.24, 2.45) is 23.1 Å². The van der Waals surface area contributed by atoms with E-state index in [9.17, 15) is 107 Å². The SMILES string of the molecule is CCCCCCCC(O)CC(=O)N[C@H](CO)C(=O)N[C@H](C(=O)N[C@H](CCN)C(=O)N[C@@H](CC(=O)O)C(=O)NCC(=O)N[C@H](CC(N)=O)C(=O)N[C@H](CC(=O)O)C(=O)NCC(=O)N[C@@H](Cc1c[nH]c2ccccc12)C(=O)N[C@H](C(=O)N[C@@H](CCN)C(=O)N[C@@H](Cc1ccccc1)C(=O)O)[C@@H](C)CC)[C@@H](C)O. The molecule has 0 aliphatic carbocycles. The predicted molar refractivity (Wildman–Crippen MR) is 373 cm³/mol. The lowest BCUT2D eigenvalue weighted by atomic mass is 9.96. The molecule has 580 valence electrons. The van der Waals surface area contributed by atoms with Gasteiger partial charge >= 0.3 is 17.9 Å². The highest BCUT2D eigenvalue weighted by atomic mass is 16.4. The summed E-state index contributed by atoms with van der Waals surface area (Å²) in [6.45, 7) is 2.82. The molecule has 3 aromatic rings. The van der Waals surface area contributed by atoms with E-state index in [2.05, 4.69) is 58.2 Å². The zero-order chi connectivity index (χ0) is 78.5. The van der Waals surface area contributed by atoms with Gasteiger partial charge in [0.1, 0.15) is 60.4 Å². The van der Waals surface area contributed by atoms with E-state index in [1.54, 1.807) is 74.6 Å². The minimum atomic E-state index is -2.08. The Morgan fingerprint density at radius 2 is 0.914 bits per heavy atom. The molecule has 0 radical (unpaired) electrons. The maximum Gasteiger partial charge on any atom is 0.326 e. The summed E-state index contributed by atoms with van der Waals surface area (Å²) in [5.41, 5.74) is 18.6. The van der Waals surface area contributed by atoms with Crippen LogP contribution in [0.15, 0.2) is 60.8 Å². The number of carbonyl (C=O) groups excluding carboxylic acids is 13. The van der Waals surface area contributed by atoms with Gasteiger partial charge in [0.05, 0.1) is 57.6 Å². The number of benzene rings is 2. The fourth-order valence-electron chi connectivity index (χ4n) is 10.6. The number of aromatic nitrogens is 1. The number of rotatable bonds is 50. The number of hydrogen-bond acceptors (Lipinski definition) is 21. The first kappa shape index (κ1) is 88.5. The second kappa shape index (κ2) is 46.1. The van der Waals surface area contributed by atoms with Crippen molar-refractivity contribution in [3.05, 3.63) is 71.9 Å². The number of aromatic amines is 1. The summed E-state index contributed by atoms with van der Waals surface area (Å²) >= 11 is 0. The van der Waals surface area contributed by atoms with Gasteiger partial charge in [-0.05, 0) is 62.4 Å². The van der Waals surface area contributed by atoms with Gasteiger partial charge < -0.3 is 117 Å². The molecule has 0 saturated carbocycles. The zero-order valence-electron chi connectivity index (χ0n) is 58.9. The number of aliphatic hydroxyl groups is 3. The highest BCUT2D eigenvalue weighted by Crippen LogP contribution is 2.20. The number of fused-ring (bicyclic) bond motifs is 1. The van der Waals surface area contributed by atoms with Gasteiger partial charge in [-0.3, -0.25) is 71.9 Å². The fourth-order valence-corrected chi connectivity index (χ4v) is 10.6. The molecule has 0 fully saturated rings. The summed E-state index contributed by atoms with van der Waals surface area (Å²) in [5, 5.41) is 88.0. The zero-order valence-corrected chi connectivity index (χ0v) is 58.9. The maximum absolute atomic E-state index is 14.5. The number of nitrogens with two attached hydrogens (primary N) is 3. The van der Waals surface area contributed by atoms with E-state index in [0.29, 0.717) is 34.9 Å². The third kappa shape index (κ3) is 31.8. The summed E-state index contributed by atoms with van der Waals surface area (Å²) < 4.78 is 0. The minimum absolute atomic E-state index is 0.0979. The van der Waals surface area contributed by atoms with E-state index >= 15 is 0 Å². The number of aliphatic carboxylic acids is 3. The van der Waals surface area contributed by atoms with E-state index in [-0.39, 0.29) is 38.8 Å². The van der Waals surface area contributed by atoms with Crippen LogP contribution in [0.25, 0.3) is 10.9 Å². The van der Waals surface area contributed by atoms with Crippen molar-refractivity contribution in [1.82, 2.24) is 68.8 Å². The minimum Gasteiger partial charge on any atom is -0.481 e. The molecular weight excluding hydrogens is 1380 g/mol. The standard InChI is InChI=1S/C67H100N16O22/c1-5-7-8-9-13-18-39(86)27-51(88)76-49(34-84)64(101)83-57(36(4)85)66(103)78-42(21-23-68)60(97)79-46(29-54(91)92)58(95)73-33-53(90)75-45(28-50(70)87)62(99)80-47(30-55(93)94)59(96)72-32-52(89)74-44(26-38-31-71-41-20-15-14-19-40(38)41)63(100)82-56(35(3)6-2)65(102)77-43(22-24-69)61(98)81-48(67(104)105)25-37-16-11-10-12-17-37/h10-12,14-17,19-20,31,35-36,39,42-49,56-57,71,84-86H,5-9,13,18,21-30,32-34,68-69H2,1-4H3,(H2,70,87)(H,72,96)(H,73,95)(H,74,89)(H,75,90)(H,76,88)(H,77,102)(H,78,103)(H,79,97)(H,80,99)(H,81,98)(H,82,100)(H,83,101)(H,91,92)(H,93,94)(H,104,105)/t35-,36+,39?,42+,43-,44-,45+,46-,47+,48-,49+,56-,57-/m0/s1. The molecule has 38 heteroatoms. The van der Waals surface area contributed by atoms with Gasteiger partial charge in [-0.15, -0.1) is 0 Å². The van der Waals surface area contributed by atoms with Crippen LogP contribution < -0.4 is 81.0 Å². The Labute approximate surface area is 604 Å². The number of aliphatic hydroxyl groups excluding tert-OH is 3. The number of carboxylic acid groups (broad SMARTS) is 3. The molecule has 0 bridgehead atoms. The topological polar surface area (TPSA) is 633 Å². The maximum atomic E-state index is 14.5. The van der Waals surface area contributed by atoms with Crippen LogP contribution in [0.3, 0.4) is 0 Å². The third-order valence-corrected chi connectivity index (χ3v) is 16.5. The van der Waals surface area contributed by atoms with Crippen molar-refractivity contribution >= 4 is 106 Å². The number of carboxylic acids is 3. The van der Waals surface area contributed by atoms with Crippen LogP contribution in [0.5, 0.6) is 0 Å². The van der Waals surface area contributed by atoms with E-state index in [4.69, 9.17) is 17.2 Å². The van der Waals surface area contributed by atoms with Crippen molar-refractivity contribution < 1.29 is 107 Å². The number of hydrogen-bond donors (Lipinski definition) is 22. The molecule has 1 heterocycles. The molecule has 0 spiro atoms. The number of para-hydroxylation sites is 1. The third-order valence-electron chi connectivity index (χ3n) is 16.5. The van der Waals surface area contributed by atoms with Gasteiger partial charge in [-0.2, -0.15) is 0 Å². The summed E-state index contributed by atoms with van der Waals surface area (Å²) in [6.07, 6.45) is -0.941. The number of nitrogens with one attached hydrogen (secondary N) is 13. The van der Waals surface area contributed by atoms with Crippen molar-refractivity contribution in [2.45, 2.75) is 197 Å². The Kier molecular flexibility index (Phi) is 38.9. The molecule has 0 aliphatic heterocycles. The van der Waals surface area contributed by atoms with Crippen LogP contribution in [0.1, 0.15) is 122 Å². The van der Waals surface area contributed by atoms with Crippen LogP contribution in [0.4, 0.5) is 0 Å². The average molecular weight is 1480 g/mol. The highest BCUT2D eigenvalue weighted by molar-refractivity contribution is 6.01. The molecule has 3 rings (SSSR count). The van der Waals surface area contributed by atoms with Gasteiger partial charge in [0.25, 0.3) is 0 Å². The molecule has 1 unspecified atom stereocenters. The largest absolute Gasteiger partial charge is 0.481 e. The van der Waals surface area contributed by atoms with Crippen molar-refractivity contribution in [3.8, 4) is 0 Å². The highest BCUT2D eigenvalue weighted by Gasteiger charge is 2.38. The monoisotopic (exact) mass is 1480 g/mol. The Morgan fingerprint density at radius 1 is 0.457 bits per heavy atom. The number of amides is 13. The number of primary amides is 1. The van der Waals surface area contributed by atoms with E-state index in [1.807, 2.05) is 17.6 Å². The molecule has 25 N–H and O–H groups in total. The second-order valence-corrected chi connectivity index (χ2v) is 25.1. The normalized spacial score (nSPS) is 14.8. The summed E-state index contributed by atoms with van der Waals surface area (Å²) in [6, 6.07) is -1.82. The lowest BCUT2D eigenvalue weighted by Gasteiger charge is -2.29. The molecule has 13 amide bonds. The van der Waals surface area contributed by atoms with Crippen molar-refractivity contribution in [1.29, 1.82) is 0 Å². The fraction of sp³-hybridized carbons (Fsp3) is 0.552. The smallest absolute Gasteiger partial charge is 0.326 e. The summed E-state index contributed by atoms with van der Waals surface area (Å²) in [5.74, 6) is -20.3. The molecular formula is C67H100N16O22. The van der Waals surface area contributed by atoms with Crippen molar-refractivity contribution in [2.75, 3.05) is 32.8 Å². The number of unbranched alkanes of at least 4 members (excludes halogenated alkanes) is 4. The second-order valence-electron chi connectivity index (χ2n) is 25.1. The Bertz CT molecular complexity index is 3470. The predicted octanol–water partition coefficient (Wildman–Crippen LogP) is -5.83. The van der Waals surface area contributed by atoms with Crippen LogP contribution in [-0.2, 0) is 89.6 Å². The first-order valence-electron chi connectivity index (χ1n) is 34.2. The molecule has 0 saturated heterocycles. The van der Waals surface area contributed by atoms with Gasteiger partial charge in [-0.25, -0.2) is 4.79 Å². The Balaban J connectivity index is 1.75. The Morgan fingerprint density at radius 3 is 1.42 bits per heavy atom. The molecule has 38 nitrogen and oxygen atoms in total. The average Bonchev–Trinajstić information content (AvgIpc) is 1.73. The van der Waals surface area contributed by atoms with Crippen LogP contribution in [0, 0.1) is 5.92 Å². The van der Waals surface area contributed by atoms with Gasteiger partial charge in [0.15, 0.2) is 0 Å².